The van der Waals surface area contributed by atoms with E-state index in [1.807, 2.05) is 26.0 Å². The first-order chi connectivity index (χ1) is 17.7. The molecular weight excluding hydrogens is 474 g/mol. The van der Waals surface area contributed by atoms with Crippen LogP contribution < -0.4 is 0 Å². The highest BCUT2D eigenvalue weighted by Gasteiger charge is 2.71. The van der Waals surface area contributed by atoms with E-state index >= 15 is 0 Å². The van der Waals surface area contributed by atoms with Gasteiger partial charge in [-0.05, 0) is 73.2 Å². The van der Waals surface area contributed by atoms with Gasteiger partial charge in [0.05, 0.1) is 17.9 Å². The maximum Gasteiger partial charge on any atom is 0.226 e. The van der Waals surface area contributed by atoms with Crippen molar-refractivity contribution in [2.45, 2.75) is 98.8 Å². The van der Waals surface area contributed by atoms with Crippen LogP contribution in [0.4, 0.5) is 0 Å². The molecule has 2 radical (unpaired) electrons. The summed E-state index contributed by atoms with van der Waals surface area (Å²) in [6, 6.07) is 0. The van der Waals surface area contributed by atoms with Crippen LogP contribution in [0.25, 0.3) is 4.85 Å². The number of rotatable bonds is 1. The molecule has 3 saturated carbocycles. The first-order valence-electron chi connectivity index (χ1n) is 14.1. The van der Waals surface area contributed by atoms with E-state index in [1.54, 1.807) is 0 Å². The van der Waals surface area contributed by atoms with Gasteiger partial charge in [0.25, 0.3) is 0 Å². The average molecular weight is 514 g/mol. The van der Waals surface area contributed by atoms with E-state index in [1.165, 1.54) is 12.3 Å². The van der Waals surface area contributed by atoms with Gasteiger partial charge in [-0.15, -0.1) is 10.2 Å². The molecule has 0 N–H and O–H groups in total. The van der Waals surface area contributed by atoms with Crippen molar-refractivity contribution in [2.24, 2.45) is 33.0 Å². The van der Waals surface area contributed by atoms with Gasteiger partial charge >= 0.3 is 0 Å². The van der Waals surface area contributed by atoms with Crippen LogP contribution in [0, 0.1) is 51.4 Å². The summed E-state index contributed by atoms with van der Waals surface area (Å²) in [6.07, 6.45) is 11.6. The molecule has 1 heterocycles. The highest BCUT2D eigenvalue weighted by atomic mass is 16.4. The second-order valence-electron chi connectivity index (χ2n) is 14.7. The Hall–Kier alpha value is -2.55. The number of fused-ring (bicyclic) bond motifs is 7. The van der Waals surface area contributed by atoms with Crippen molar-refractivity contribution in [2.75, 3.05) is 0 Å². The lowest BCUT2D eigenvalue weighted by Crippen LogP contribution is -2.64. The molecule has 6 heteroatoms. The second kappa shape index (κ2) is 7.55. The summed E-state index contributed by atoms with van der Waals surface area (Å²) in [5.41, 5.74) is -0.763. The van der Waals surface area contributed by atoms with E-state index in [0.717, 1.165) is 56.4 Å². The van der Waals surface area contributed by atoms with Crippen molar-refractivity contribution in [1.29, 1.82) is 0 Å². The molecule has 5 aliphatic carbocycles. The number of hydrogen-bond acceptors (Lipinski definition) is 5. The maximum absolute atomic E-state index is 14.5. The molecule has 3 fully saturated rings. The largest absolute Gasteiger partial charge is 0.427 e. The number of allylic oxidation sites excluding steroid dienone is 4. The monoisotopic (exact) mass is 513 g/mol. The zero-order valence-electron chi connectivity index (χ0n) is 23.8. The minimum Gasteiger partial charge on any atom is -0.427 e. The van der Waals surface area contributed by atoms with Gasteiger partial charge in [0.2, 0.25) is 18.0 Å². The quantitative estimate of drug-likeness (QED) is 0.386. The fourth-order valence-corrected chi connectivity index (χ4v) is 9.61. The van der Waals surface area contributed by atoms with Crippen LogP contribution in [0.3, 0.4) is 0 Å². The summed E-state index contributed by atoms with van der Waals surface area (Å²) in [4.78, 5) is 31.4. The van der Waals surface area contributed by atoms with Crippen LogP contribution in [0.15, 0.2) is 34.2 Å². The Morgan fingerprint density at radius 2 is 1.68 bits per heavy atom. The van der Waals surface area contributed by atoms with Crippen molar-refractivity contribution in [1.82, 2.24) is 10.2 Å². The Balaban J connectivity index is 1.54. The standard InChI is InChI=1S/C32H39N3O3/c1-27(2)11-13-32(26-35-34-18-38-26)14-12-31(7)24(19(32)16-27)21(36)15-23-29(5)17-20(33-8)25(37)28(3,4)22(29)9-10-30(23,31)6/h15,17-18,22H,9-14,16H2,1-7H3/t22-,29-,30+,31+,32-/m0/s1. The molecule has 0 bridgehead atoms. The van der Waals surface area contributed by atoms with Gasteiger partial charge < -0.3 is 9.21 Å². The third-order valence-corrected chi connectivity index (χ3v) is 12.0. The summed E-state index contributed by atoms with van der Waals surface area (Å²) < 4.78 is 5.87. The zero-order chi connectivity index (χ0) is 27.5. The molecule has 6 rings (SSSR count). The molecule has 5 atom stereocenters. The highest BCUT2D eigenvalue weighted by Crippen LogP contribution is 2.75. The summed E-state index contributed by atoms with van der Waals surface area (Å²) >= 11 is 0. The molecule has 0 aromatic carbocycles. The molecular formula is C32H39N3O3. The minimum absolute atomic E-state index is 0.0487. The third kappa shape index (κ3) is 2.94. The smallest absolute Gasteiger partial charge is 0.226 e. The second-order valence-corrected chi connectivity index (χ2v) is 14.7. The van der Waals surface area contributed by atoms with Gasteiger partial charge in [0, 0.05) is 16.7 Å². The predicted molar refractivity (Wildman–Crippen MR) is 143 cm³/mol. The van der Waals surface area contributed by atoms with Crippen LogP contribution in [-0.2, 0) is 15.0 Å². The fraction of sp³-hybridized carbons (Fsp3) is 0.656. The van der Waals surface area contributed by atoms with E-state index < -0.39 is 10.8 Å². The molecule has 5 aliphatic rings. The van der Waals surface area contributed by atoms with Gasteiger partial charge in [-0.3, -0.25) is 4.79 Å². The van der Waals surface area contributed by atoms with Gasteiger partial charge in [0.15, 0.2) is 11.6 Å². The van der Waals surface area contributed by atoms with Gasteiger partial charge in [0.1, 0.15) is 0 Å². The molecule has 38 heavy (non-hydrogen) atoms. The fourth-order valence-electron chi connectivity index (χ4n) is 9.61. The Morgan fingerprint density at radius 3 is 2.34 bits per heavy atom. The van der Waals surface area contributed by atoms with E-state index in [2.05, 4.69) is 49.7 Å². The number of hydrogen-bond donors (Lipinski definition) is 0. The van der Waals surface area contributed by atoms with Crippen LogP contribution in [0.2, 0.25) is 0 Å². The average Bonchev–Trinajstić information content (AvgIpc) is 3.38. The molecule has 1 aromatic heterocycles. The highest BCUT2D eigenvalue weighted by molar-refractivity contribution is 6.08. The van der Waals surface area contributed by atoms with Crippen molar-refractivity contribution in [3.8, 4) is 0 Å². The maximum atomic E-state index is 14.5. The van der Waals surface area contributed by atoms with Crippen LogP contribution >= 0.6 is 0 Å². The van der Waals surface area contributed by atoms with Crippen molar-refractivity contribution >= 4 is 11.6 Å². The SMILES string of the molecule is [C-]#[N+]C1=C[C@]2(C)C3=CC(=O)[C]4[C]5CC(C)(C)CC[C@]5(c5nnco5)CC[C@@]4(C)[C@]3(C)CC[C@H]2C(C)(C)C1=O. The molecule has 0 amide bonds. The van der Waals surface area contributed by atoms with E-state index in [0.29, 0.717) is 5.89 Å². The number of nitrogens with zero attached hydrogens (tertiary/aromatic N) is 3. The number of carbonyl (C=O) groups excluding carboxylic acids is 2. The van der Waals surface area contributed by atoms with E-state index in [4.69, 9.17) is 11.0 Å². The number of ketones is 2. The van der Waals surface area contributed by atoms with E-state index in [9.17, 15) is 9.59 Å². The normalized spacial score (nSPS) is 42.1. The Bertz CT molecular complexity index is 1330. The lowest BCUT2D eigenvalue weighted by atomic mass is 9.34. The van der Waals surface area contributed by atoms with E-state index in [-0.39, 0.29) is 44.8 Å². The Kier molecular flexibility index (Phi) is 5.11. The minimum atomic E-state index is -0.651. The van der Waals surface area contributed by atoms with Crippen LogP contribution in [-0.4, -0.2) is 21.8 Å². The van der Waals surface area contributed by atoms with Gasteiger partial charge in [-0.1, -0.05) is 60.1 Å². The molecule has 0 unspecified atom stereocenters. The lowest BCUT2D eigenvalue weighted by Gasteiger charge is -2.68. The molecule has 0 aliphatic heterocycles. The predicted octanol–water partition coefficient (Wildman–Crippen LogP) is 6.81. The molecule has 200 valence electrons. The van der Waals surface area contributed by atoms with Gasteiger partial charge in [-0.2, -0.15) is 0 Å². The summed E-state index contributed by atoms with van der Waals surface area (Å²) in [5, 5.41) is 8.44. The lowest BCUT2D eigenvalue weighted by molar-refractivity contribution is -0.133. The molecule has 6 nitrogen and oxygen atoms in total. The summed E-state index contributed by atoms with van der Waals surface area (Å²) in [7, 11) is 0. The van der Waals surface area contributed by atoms with Crippen LogP contribution in [0.5, 0.6) is 0 Å². The molecule has 0 spiro atoms. The first kappa shape index (κ1) is 25.7. The van der Waals surface area contributed by atoms with Gasteiger partial charge in [-0.25, -0.2) is 4.85 Å². The Morgan fingerprint density at radius 1 is 0.974 bits per heavy atom. The Labute approximate surface area is 226 Å². The number of aromatic nitrogens is 2. The van der Waals surface area contributed by atoms with Crippen molar-refractivity contribution < 1.29 is 14.0 Å². The first-order valence-corrected chi connectivity index (χ1v) is 14.1. The molecule has 1 aromatic rings. The van der Waals surface area contributed by atoms with Crippen molar-refractivity contribution in [3.63, 3.8) is 0 Å². The van der Waals surface area contributed by atoms with Crippen LogP contribution in [0.1, 0.15) is 99.3 Å². The topological polar surface area (TPSA) is 77.4 Å². The summed E-state index contributed by atoms with van der Waals surface area (Å²) in [5.74, 6) is 2.89. The number of Topliss-reactive ketones (excluding diaryl/α,β-unsaturated/α-hetero) is 1. The third-order valence-electron chi connectivity index (χ3n) is 12.0. The number of carbonyl (C=O) groups is 2. The zero-order valence-corrected chi connectivity index (χ0v) is 23.8. The van der Waals surface area contributed by atoms with Crippen molar-refractivity contribution in [3.05, 3.63) is 59.0 Å². The summed E-state index contributed by atoms with van der Waals surface area (Å²) in [6.45, 7) is 23.1. The molecule has 0 saturated heterocycles.